The molecular weight excluding hydrogens is 295 g/mol. The number of hydrogen-bond acceptors (Lipinski definition) is 2. The summed E-state index contributed by atoms with van der Waals surface area (Å²) in [6.45, 7) is 1.93. The maximum Gasteiger partial charge on any atom is 0.229 e. The van der Waals surface area contributed by atoms with Crippen molar-refractivity contribution in [2.75, 3.05) is 16.8 Å². The Morgan fingerprint density at radius 1 is 1.22 bits per heavy atom. The second-order valence-corrected chi connectivity index (χ2v) is 5.69. The van der Waals surface area contributed by atoms with Crippen molar-refractivity contribution in [3.63, 3.8) is 0 Å². The van der Waals surface area contributed by atoms with Crippen molar-refractivity contribution in [3.05, 3.63) is 59.9 Å². The SMILES string of the molecule is Cc1ccc(N2CC(C(=O)Nc3ccccc3)CC2=O)cc1F. The van der Waals surface area contributed by atoms with Crippen LogP contribution < -0.4 is 10.2 Å². The smallest absolute Gasteiger partial charge is 0.229 e. The van der Waals surface area contributed by atoms with Crippen LogP contribution >= 0.6 is 0 Å². The molecule has 1 saturated heterocycles. The lowest BCUT2D eigenvalue weighted by atomic mass is 10.1. The highest BCUT2D eigenvalue weighted by Crippen LogP contribution is 2.27. The summed E-state index contributed by atoms with van der Waals surface area (Å²) >= 11 is 0. The molecule has 1 fully saturated rings. The summed E-state index contributed by atoms with van der Waals surface area (Å²) in [5.74, 6) is -1.15. The summed E-state index contributed by atoms with van der Waals surface area (Å²) in [6.07, 6.45) is 0.133. The van der Waals surface area contributed by atoms with Crippen molar-refractivity contribution >= 4 is 23.2 Å². The molecule has 1 aliphatic rings. The number of benzene rings is 2. The van der Waals surface area contributed by atoms with E-state index in [0.717, 1.165) is 0 Å². The van der Waals surface area contributed by atoms with E-state index in [2.05, 4.69) is 5.32 Å². The predicted molar refractivity (Wildman–Crippen MR) is 86.7 cm³/mol. The second-order valence-electron chi connectivity index (χ2n) is 5.69. The molecule has 1 N–H and O–H groups in total. The molecule has 1 heterocycles. The lowest BCUT2D eigenvalue weighted by molar-refractivity contribution is -0.122. The van der Waals surface area contributed by atoms with Crippen LogP contribution in [0.4, 0.5) is 15.8 Å². The van der Waals surface area contributed by atoms with E-state index in [9.17, 15) is 14.0 Å². The molecule has 1 atom stereocenters. The van der Waals surface area contributed by atoms with Crippen LogP contribution in [0.15, 0.2) is 48.5 Å². The van der Waals surface area contributed by atoms with Crippen molar-refractivity contribution in [2.45, 2.75) is 13.3 Å². The zero-order chi connectivity index (χ0) is 16.4. The molecule has 5 heteroatoms. The number of nitrogens with zero attached hydrogens (tertiary/aromatic N) is 1. The molecule has 0 aliphatic carbocycles. The number of nitrogens with one attached hydrogen (secondary N) is 1. The topological polar surface area (TPSA) is 49.4 Å². The van der Waals surface area contributed by atoms with Gasteiger partial charge in [-0.2, -0.15) is 0 Å². The van der Waals surface area contributed by atoms with Gasteiger partial charge in [0.25, 0.3) is 0 Å². The minimum atomic E-state index is -0.438. The fourth-order valence-corrected chi connectivity index (χ4v) is 2.65. The van der Waals surface area contributed by atoms with Gasteiger partial charge in [-0.05, 0) is 36.8 Å². The van der Waals surface area contributed by atoms with E-state index >= 15 is 0 Å². The molecule has 23 heavy (non-hydrogen) atoms. The van der Waals surface area contributed by atoms with Gasteiger partial charge in [0.1, 0.15) is 5.82 Å². The molecule has 3 rings (SSSR count). The van der Waals surface area contributed by atoms with Gasteiger partial charge in [-0.25, -0.2) is 4.39 Å². The first-order chi connectivity index (χ1) is 11.0. The minimum absolute atomic E-state index is 0.133. The highest BCUT2D eigenvalue weighted by Gasteiger charge is 2.35. The highest BCUT2D eigenvalue weighted by atomic mass is 19.1. The van der Waals surface area contributed by atoms with Gasteiger partial charge >= 0.3 is 0 Å². The van der Waals surface area contributed by atoms with E-state index in [1.54, 1.807) is 31.2 Å². The predicted octanol–water partition coefficient (Wildman–Crippen LogP) is 3.13. The van der Waals surface area contributed by atoms with Crippen LogP contribution in [-0.4, -0.2) is 18.4 Å². The van der Waals surface area contributed by atoms with E-state index in [-0.39, 0.29) is 30.6 Å². The molecule has 1 aliphatic heterocycles. The normalized spacial score (nSPS) is 17.4. The average molecular weight is 312 g/mol. The molecule has 0 aromatic heterocycles. The van der Waals surface area contributed by atoms with E-state index in [1.807, 2.05) is 18.2 Å². The number of carbonyl (C=O) groups excluding carboxylic acids is 2. The van der Waals surface area contributed by atoms with Gasteiger partial charge in [0.15, 0.2) is 0 Å². The van der Waals surface area contributed by atoms with Crippen molar-refractivity contribution in [3.8, 4) is 0 Å². The molecule has 2 aromatic rings. The van der Waals surface area contributed by atoms with Gasteiger partial charge in [-0.15, -0.1) is 0 Å². The summed E-state index contributed by atoms with van der Waals surface area (Å²) < 4.78 is 13.7. The molecule has 0 saturated carbocycles. The van der Waals surface area contributed by atoms with E-state index in [1.165, 1.54) is 11.0 Å². The number of carbonyl (C=O) groups is 2. The zero-order valence-electron chi connectivity index (χ0n) is 12.8. The standard InChI is InChI=1S/C18H17FN2O2/c1-12-7-8-15(10-16(12)19)21-11-13(9-17(21)22)18(23)20-14-5-3-2-4-6-14/h2-8,10,13H,9,11H2,1H3,(H,20,23). The van der Waals surface area contributed by atoms with Crippen LogP contribution in [0.3, 0.4) is 0 Å². The molecule has 2 amide bonds. The fraction of sp³-hybridized carbons (Fsp3) is 0.222. The summed E-state index contributed by atoms with van der Waals surface area (Å²) in [6, 6.07) is 13.8. The quantitative estimate of drug-likeness (QED) is 0.946. The third-order valence-electron chi connectivity index (χ3n) is 4.00. The first kappa shape index (κ1) is 15.2. The second kappa shape index (κ2) is 6.20. The third-order valence-corrected chi connectivity index (χ3v) is 4.00. The molecule has 0 radical (unpaired) electrons. The average Bonchev–Trinajstić information content (AvgIpc) is 2.93. The Kier molecular flexibility index (Phi) is 4.10. The Morgan fingerprint density at radius 2 is 1.96 bits per heavy atom. The van der Waals surface area contributed by atoms with E-state index < -0.39 is 5.92 Å². The molecule has 2 aromatic carbocycles. The Hall–Kier alpha value is -2.69. The number of rotatable bonds is 3. The number of halogens is 1. The van der Waals surface area contributed by atoms with Gasteiger partial charge in [-0.3, -0.25) is 9.59 Å². The Balaban J connectivity index is 1.71. The molecular formula is C18H17FN2O2. The number of hydrogen-bond donors (Lipinski definition) is 1. The number of aryl methyl sites for hydroxylation is 1. The van der Waals surface area contributed by atoms with E-state index in [0.29, 0.717) is 16.9 Å². The largest absolute Gasteiger partial charge is 0.326 e. The molecule has 1 unspecified atom stereocenters. The van der Waals surface area contributed by atoms with Crippen molar-refractivity contribution in [1.82, 2.24) is 0 Å². The third kappa shape index (κ3) is 3.23. The Bertz CT molecular complexity index is 746. The summed E-state index contributed by atoms with van der Waals surface area (Å²) in [5.41, 5.74) is 1.72. The maximum absolute atomic E-state index is 13.7. The van der Waals surface area contributed by atoms with Gasteiger partial charge < -0.3 is 10.2 Å². The van der Waals surface area contributed by atoms with Gasteiger partial charge in [0, 0.05) is 24.3 Å². The highest BCUT2D eigenvalue weighted by molar-refractivity contribution is 6.03. The number of amides is 2. The minimum Gasteiger partial charge on any atom is -0.326 e. The van der Waals surface area contributed by atoms with Crippen molar-refractivity contribution in [1.29, 1.82) is 0 Å². The van der Waals surface area contributed by atoms with Crippen molar-refractivity contribution in [2.24, 2.45) is 5.92 Å². The van der Waals surface area contributed by atoms with Crippen LogP contribution in [-0.2, 0) is 9.59 Å². The van der Waals surface area contributed by atoms with E-state index in [4.69, 9.17) is 0 Å². The van der Waals surface area contributed by atoms with Crippen LogP contribution in [0.2, 0.25) is 0 Å². The maximum atomic E-state index is 13.7. The van der Waals surface area contributed by atoms with Crippen LogP contribution in [0.1, 0.15) is 12.0 Å². The summed E-state index contributed by atoms with van der Waals surface area (Å²) in [4.78, 5) is 25.9. The molecule has 0 spiro atoms. The Morgan fingerprint density at radius 3 is 2.65 bits per heavy atom. The lowest BCUT2D eigenvalue weighted by Crippen LogP contribution is -2.28. The summed E-state index contributed by atoms with van der Waals surface area (Å²) in [7, 11) is 0. The lowest BCUT2D eigenvalue weighted by Gasteiger charge is -2.17. The zero-order valence-corrected chi connectivity index (χ0v) is 12.8. The van der Waals surface area contributed by atoms with Gasteiger partial charge in [0.2, 0.25) is 11.8 Å². The van der Waals surface area contributed by atoms with Crippen LogP contribution in [0.25, 0.3) is 0 Å². The molecule has 118 valence electrons. The number of anilines is 2. The monoisotopic (exact) mass is 312 g/mol. The van der Waals surface area contributed by atoms with Crippen LogP contribution in [0, 0.1) is 18.7 Å². The molecule has 0 bridgehead atoms. The first-order valence-corrected chi connectivity index (χ1v) is 7.47. The van der Waals surface area contributed by atoms with Gasteiger partial charge in [-0.1, -0.05) is 24.3 Å². The van der Waals surface area contributed by atoms with Gasteiger partial charge in [0.05, 0.1) is 5.92 Å². The first-order valence-electron chi connectivity index (χ1n) is 7.47. The molecule has 4 nitrogen and oxygen atoms in total. The Labute approximate surface area is 133 Å². The fourth-order valence-electron chi connectivity index (χ4n) is 2.65. The number of para-hydroxylation sites is 1. The van der Waals surface area contributed by atoms with Crippen molar-refractivity contribution < 1.29 is 14.0 Å². The van der Waals surface area contributed by atoms with Crippen LogP contribution in [0.5, 0.6) is 0 Å². The summed E-state index contributed by atoms with van der Waals surface area (Å²) in [5, 5.41) is 2.81.